The molecule has 2 aromatic carbocycles. The Morgan fingerprint density at radius 2 is 1.82 bits per heavy atom. The van der Waals surface area contributed by atoms with Crippen LogP contribution in [0.2, 0.25) is 0 Å². The number of hydrogen-bond donors (Lipinski definition) is 3. The third-order valence-electron chi connectivity index (χ3n) is 7.04. The van der Waals surface area contributed by atoms with Gasteiger partial charge in [-0.25, -0.2) is 4.98 Å². The van der Waals surface area contributed by atoms with Gasteiger partial charge in [-0.15, -0.1) is 0 Å². The maximum atomic E-state index is 12.6. The van der Waals surface area contributed by atoms with Gasteiger partial charge in [0.2, 0.25) is 5.95 Å². The van der Waals surface area contributed by atoms with E-state index in [1.807, 2.05) is 31.3 Å². The maximum absolute atomic E-state index is 12.6. The Labute approximate surface area is 230 Å². The first-order valence-corrected chi connectivity index (χ1v) is 13.4. The van der Waals surface area contributed by atoms with Crippen molar-refractivity contribution in [1.29, 1.82) is 0 Å². The summed E-state index contributed by atoms with van der Waals surface area (Å²) in [6.45, 7) is 2.12. The highest BCUT2D eigenvalue weighted by Gasteiger charge is 2.21. The van der Waals surface area contributed by atoms with E-state index in [9.17, 15) is 4.79 Å². The number of hydrogen-bond acceptors (Lipinski definition) is 8. The lowest BCUT2D eigenvalue weighted by Gasteiger charge is -2.36. The molecule has 3 heterocycles. The van der Waals surface area contributed by atoms with Crippen molar-refractivity contribution >= 4 is 61.6 Å². The lowest BCUT2D eigenvalue weighted by molar-refractivity contribution is 0.0964. The molecule has 0 aliphatic carbocycles. The van der Waals surface area contributed by atoms with Crippen molar-refractivity contribution in [3.8, 4) is 0 Å². The molecule has 198 valence electrons. The van der Waals surface area contributed by atoms with E-state index in [0.717, 1.165) is 29.7 Å². The highest BCUT2D eigenvalue weighted by molar-refractivity contribution is 9.10. The van der Waals surface area contributed by atoms with Crippen LogP contribution in [-0.2, 0) is 7.05 Å². The number of anilines is 5. The molecule has 5 rings (SSSR count). The van der Waals surface area contributed by atoms with Crippen LogP contribution in [0, 0.1) is 0 Å². The van der Waals surface area contributed by atoms with E-state index in [2.05, 4.69) is 83.0 Å². The summed E-state index contributed by atoms with van der Waals surface area (Å²) in [7, 11) is 7.78. The molecule has 0 unspecified atom stereocenters. The molecule has 0 radical (unpaired) electrons. The number of nitrogens with one attached hydrogen (secondary N) is 3. The van der Waals surface area contributed by atoms with Crippen LogP contribution in [0.25, 0.3) is 10.9 Å². The second kappa shape index (κ2) is 11.0. The van der Waals surface area contributed by atoms with Crippen LogP contribution < -0.4 is 20.9 Å². The second-order valence-corrected chi connectivity index (χ2v) is 10.5. The Morgan fingerprint density at radius 1 is 1.08 bits per heavy atom. The lowest BCUT2D eigenvalue weighted by Crippen LogP contribution is -2.41. The number of aromatic nitrogens is 4. The van der Waals surface area contributed by atoms with Crippen LogP contribution in [0.4, 0.5) is 28.8 Å². The number of carbonyl (C=O) groups is 1. The van der Waals surface area contributed by atoms with Gasteiger partial charge in [0.15, 0.2) is 0 Å². The number of halogens is 1. The Bertz CT molecular complexity index is 1440. The predicted molar refractivity (Wildman–Crippen MR) is 156 cm³/mol. The van der Waals surface area contributed by atoms with Gasteiger partial charge in [-0.1, -0.05) is 0 Å². The molecule has 10 nitrogen and oxygen atoms in total. The van der Waals surface area contributed by atoms with E-state index in [0.29, 0.717) is 33.5 Å². The third kappa shape index (κ3) is 5.44. The lowest BCUT2D eigenvalue weighted by atomic mass is 10.0. The highest BCUT2D eigenvalue weighted by atomic mass is 79.9. The van der Waals surface area contributed by atoms with Gasteiger partial charge in [-0.3, -0.25) is 9.48 Å². The number of carbonyl (C=O) groups excluding carboxylic acids is 1. The molecule has 2 aromatic heterocycles. The molecule has 1 fully saturated rings. The molecule has 38 heavy (non-hydrogen) atoms. The fourth-order valence-corrected chi connectivity index (χ4v) is 5.08. The molecule has 0 bridgehead atoms. The van der Waals surface area contributed by atoms with Crippen molar-refractivity contribution < 1.29 is 4.79 Å². The van der Waals surface area contributed by atoms with E-state index >= 15 is 0 Å². The number of aryl methyl sites for hydroxylation is 1. The van der Waals surface area contributed by atoms with Gasteiger partial charge in [-0.05, 0) is 79.3 Å². The van der Waals surface area contributed by atoms with Crippen LogP contribution >= 0.6 is 15.9 Å². The molecule has 1 aliphatic heterocycles. The fourth-order valence-electron chi connectivity index (χ4n) is 4.79. The van der Waals surface area contributed by atoms with Crippen LogP contribution in [0.5, 0.6) is 0 Å². The summed E-state index contributed by atoms with van der Waals surface area (Å²) in [5.74, 6) is 0.778. The second-order valence-electron chi connectivity index (χ2n) is 9.67. The van der Waals surface area contributed by atoms with Crippen molar-refractivity contribution in [3.05, 3.63) is 58.8 Å². The van der Waals surface area contributed by atoms with Crippen LogP contribution in [0.3, 0.4) is 0 Å². The van der Waals surface area contributed by atoms with Crippen molar-refractivity contribution in [2.75, 3.05) is 49.8 Å². The normalized spacial score (nSPS) is 14.2. The van der Waals surface area contributed by atoms with E-state index in [-0.39, 0.29) is 5.91 Å². The molecule has 11 heteroatoms. The van der Waals surface area contributed by atoms with Crippen LogP contribution in [-0.4, -0.2) is 70.8 Å². The van der Waals surface area contributed by atoms with Crippen molar-refractivity contribution in [2.45, 2.75) is 18.9 Å². The molecule has 4 aromatic rings. The Morgan fingerprint density at radius 3 is 2.50 bits per heavy atom. The number of amides is 1. The maximum Gasteiger partial charge on any atom is 0.253 e. The first-order chi connectivity index (χ1) is 18.3. The Balaban J connectivity index is 1.33. The number of rotatable bonds is 7. The summed E-state index contributed by atoms with van der Waals surface area (Å²) in [4.78, 5) is 26.5. The molecule has 1 saturated heterocycles. The van der Waals surface area contributed by atoms with E-state index in [1.54, 1.807) is 24.1 Å². The van der Waals surface area contributed by atoms with E-state index in [4.69, 9.17) is 0 Å². The largest absolute Gasteiger partial charge is 0.371 e. The fraction of sp³-hybridized carbons (Fsp3) is 0.333. The molecular weight excluding hydrogens is 546 g/mol. The standard InChI is InChI=1S/C27H32BrN9O/c1-29-26(38)21-14-24-17(15-31-36(24)4)13-23(21)33-25-22(28)16-30-27(34-25)32-18-5-7-20(8-6-18)37-11-9-19(10-12-37)35(2)3/h5-8,13-16,19H,9-12H2,1-4H3,(H,29,38)(H2,30,32,33,34). The Hall–Kier alpha value is -3.70. The monoisotopic (exact) mass is 577 g/mol. The van der Waals surface area contributed by atoms with Gasteiger partial charge in [0, 0.05) is 56.2 Å². The zero-order valence-corrected chi connectivity index (χ0v) is 23.6. The molecule has 0 spiro atoms. The summed E-state index contributed by atoms with van der Waals surface area (Å²) >= 11 is 3.53. The minimum Gasteiger partial charge on any atom is -0.371 e. The average Bonchev–Trinajstić information content (AvgIpc) is 3.29. The quantitative estimate of drug-likeness (QED) is 0.295. The van der Waals surface area contributed by atoms with Gasteiger partial charge in [0.05, 0.1) is 27.4 Å². The molecule has 3 N–H and O–H groups in total. The first-order valence-electron chi connectivity index (χ1n) is 12.6. The Kier molecular flexibility index (Phi) is 7.48. The number of piperidine rings is 1. The smallest absolute Gasteiger partial charge is 0.253 e. The number of fused-ring (bicyclic) bond motifs is 1. The SMILES string of the molecule is CNC(=O)c1cc2c(cnn2C)cc1Nc1nc(Nc2ccc(N3CCC(N(C)C)CC3)cc2)ncc1Br. The summed E-state index contributed by atoms with van der Waals surface area (Å²) in [5, 5.41) is 14.5. The highest BCUT2D eigenvalue weighted by Crippen LogP contribution is 2.31. The van der Waals surface area contributed by atoms with Crippen molar-refractivity contribution in [3.63, 3.8) is 0 Å². The molecular formula is C27H32BrN9O. The average molecular weight is 579 g/mol. The van der Waals surface area contributed by atoms with Crippen molar-refractivity contribution in [1.82, 2.24) is 30.0 Å². The molecule has 1 aliphatic rings. The summed E-state index contributed by atoms with van der Waals surface area (Å²) < 4.78 is 2.42. The van der Waals surface area contributed by atoms with Gasteiger partial charge in [0.25, 0.3) is 5.91 Å². The van der Waals surface area contributed by atoms with Gasteiger partial charge in [0.1, 0.15) is 5.82 Å². The van der Waals surface area contributed by atoms with Crippen LogP contribution in [0.1, 0.15) is 23.2 Å². The predicted octanol–water partition coefficient (Wildman–Crippen LogP) is 4.50. The zero-order valence-electron chi connectivity index (χ0n) is 22.0. The molecule has 1 amide bonds. The minimum absolute atomic E-state index is 0.204. The number of benzene rings is 2. The minimum atomic E-state index is -0.204. The summed E-state index contributed by atoms with van der Waals surface area (Å²) in [5.41, 5.74) is 4.10. The first kappa shape index (κ1) is 25.9. The zero-order chi connectivity index (χ0) is 26.8. The summed E-state index contributed by atoms with van der Waals surface area (Å²) in [6.07, 6.45) is 5.79. The van der Waals surface area contributed by atoms with Crippen molar-refractivity contribution in [2.24, 2.45) is 7.05 Å². The van der Waals surface area contributed by atoms with E-state index < -0.39 is 0 Å². The number of nitrogens with zero attached hydrogens (tertiary/aromatic N) is 6. The summed E-state index contributed by atoms with van der Waals surface area (Å²) in [6, 6.07) is 12.7. The van der Waals surface area contributed by atoms with Crippen LogP contribution in [0.15, 0.2) is 53.3 Å². The van der Waals surface area contributed by atoms with Gasteiger partial charge < -0.3 is 25.8 Å². The molecule has 0 saturated carbocycles. The molecule has 0 atom stereocenters. The van der Waals surface area contributed by atoms with E-state index in [1.165, 1.54) is 18.5 Å². The third-order valence-corrected chi connectivity index (χ3v) is 7.62. The van der Waals surface area contributed by atoms with Gasteiger partial charge in [-0.2, -0.15) is 10.1 Å². The topological polar surface area (TPSA) is 103 Å². The van der Waals surface area contributed by atoms with Gasteiger partial charge >= 0.3 is 0 Å².